The zero-order valence-corrected chi connectivity index (χ0v) is 18.5. The van der Waals surface area contributed by atoms with Gasteiger partial charge in [0.25, 0.3) is 5.91 Å². The first-order valence-corrected chi connectivity index (χ1v) is 11.4. The molecule has 9 heteroatoms. The second kappa shape index (κ2) is 9.44. The van der Waals surface area contributed by atoms with Gasteiger partial charge in [-0.3, -0.25) is 19.4 Å². The molecule has 2 saturated heterocycles. The largest absolute Gasteiger partial charge is 0.494 e. The van der Waals surface area contributed by atoms with Crippen molar-refractivity contribution < 1.29 is 23.5 Å². The highest BCUT2D eigenvalue weighted by molar-refractivity contribution is 6.09. The molecule has 3 aliphatic rings. The minimum Gasteiger partial charge on any atom is -0.494 e. The van der Waals surface area contributed by atoms with Gasteiger partial charge in [-0.25, -0.2) is 9.18 Å². The summed E-state index contributed by atoms with van der Waals surface area (Å²) in [6, 6.07) is 4.51. The summed E-state index contributed by atoms with van der Waals surface area (Å²) in [6.45, 7) is 1.93. The maximum absolute atomic E-state index is 13.9. The molecule has 1 aromatic carbocycles. The van der Waals surface area contributed by atoms with E-state index < -0.39 is 11.6 Å². The number of amides is 4. The predicted octanol–water partition coefficient (Wildman–Crippen LogP) is 2.17. The monoisotopic (exact) mass is 446 g/mol. The Bertz CT molecular complexity index is 879. The molecule has 4 amide bonds. The number of hydrogen-bond donors (Lipinski definition) is 2. The van der Waals surface area contributed by atoms with Gasteiger partial charge in [0.05, 0.1) is 7.11 Å². The maximum atomic E-state index is 13.9. The van der Waals surface area contributed by atoms with Crippen molar-refractivity contribution >= 4 is 17.8 Å². The molecule has 3 fully saturated rings. The van der Waals surface area contributed by atoms with Gasteiger partial charge in [-0.1, -0.05) is 25.3 Å². The molecule has 0 aromatic heterocycles. The second-order valence-electron chi connectivity index (χ2n) is 9.05. The normalized spacial score (nSPS) is 21.6. The van der Waals surface area contributed by atoms with Gasteiger partial charge in [0.15, 0.2) is 11.6 Å². The molecule has 2 aliphatic heterocycles. The summed E-state index contributed by atoms with van der Waals surface area (Å²) in [6.07, 6.45) is 5.69. The number of halogens is 1. The number of methoxy groups -OCH3 is 1. The maximum Gasteiger partial charge on any atom is 0.325 e. The molecule has 0 atom stereocenters. The van der Waals surface area contributed by atoms with E-state index >= 15 is 0 Å². The summed E-state index contributed by atoms with van der Waals surface area (Å²) >= 11 is 0. The topological polar surface area (TPSA) is 91.0 Å². The Kier molecular flexibility index (Phi) is 6.64. The van der Waals surface area contributed by atoms with Crippen LogP contribution in [0, 0.1) is 5.82 Å². The quantitative estimate of drug-likeness (QED) is 0.654. The molecule has 32 heavy (non-hydrogen) atoms. The first-order chi connectivity index (χ1) is 15.4. The summed E-state index contributed by atoms with van der Waals surface area (Å²) in [5.41, 5.74) is 0.0722. The zero-order chi connectivity index (χ0) is 22.7. The number of urea groups is 1. The van der Waals surface area contributed by atoms with Crippen LogP contribution in [0.25, 0.3) is 0 Å². The number of carbonyl (C=O) groups is 3. The van der Waals surface area contributed by atoms with E-state index in [1.54, 1.807) is 6.07 Å². The second-order valence-corrected chi connectivity index (χ2v) is 9.05. The lowest BCUT2D eigenvalue weighted by atomic mass is 9.82. The Morgan fingerprint density at radius 2 is 1.94 bits per heavy atom. The van der Waals surface area contributed by atoms with E-state index in [0.717, 1.165) is 55.7 Å². The third-order valence-electron chi connectivity index (χ3n) is 6.83. The summed E-state index contributed by atoms with van der Waals surface area (Å²) in [4.78, 5) is 41.0. The molecule has 1 aromatic rings. The molecule has 1 saturated carbocycles. The van der Waals surface area contributed by atoms with Gasteiger partial charge in [-0.05, 0) is 43.4 Å². The van der Waals surface area contributed by atoms with E-state index in [2.05, 4.69) is 15.5 Å². The minimum absolute atomic E-state index is 0.00393. The highest BCUT2D eigenvalue weighted by Gasteiger charge is 2.51. The van der Waals surface area contributed by atoms with E-state index in [9.17, 15) is 18.8 Å². The van der Waals surface area contributed by atoms with Crippen molar-refractivity contribution in [2.45, 2.75) is 63.1 Å². The molecule has 174 valence electrons. The van der Waals surface area contributed by atoms with Crippen LogP contribution in [0.15, 0.2) is 18.2 Å². The number of ether oxygens (including phenoxy) is 1. The summed E-state index contributed by atoms with van der Waals surface area (Å²) < 4.78 is 18.9. The van der Waals surface area contributed by atoms with E-state index in [-0.39, 0.29) is 36.0 Å². The van der Waals surface area contributed by atoms with Crippen LogP contribution in [0.1, 0.15) is 50.5 Å². The van der Waals surface area contributed by atoms with Crippen molar-refractivity contribution in [3.63, 3.8) is 0 Å². The Morgan fingerprint density at radius 1 is 1.22 bits per heavy atom. The van der Waals surface area contributed by atoms with Crippen molar-refractivity contribution in [2.24, 2.45) is 0 Å². The number of carbonyl (C=O) groups excluding carboxylic acids is 3. The van der Waals surface area contributed by atoms with E-state index in [0.29, 0.717) is 19.4 Å². The molecule has 1 spiro atoms. The molecule has 4 rings (SSSR count). The molecule has 0 unspecified atom stereocenters. The molecule has 0 bridgehead atoms. The molecule has 8 nitrogen and oxygen atoms in total. The number of benzene rings is 1. The lowest BCUT2D eigenvalue weighted by Gasteiger charge is -2.32. The third-order valence-corrected chi connectivity index (χ3v) is 6.83. The minimum atomic E-state index is -0.804. The van der Waals surface area contributed by atoms with Crippen LogP contribution in [0.4, 0.5) is 9.18 Å². The van der Waals surface area contributed by atoms with Crippen LogP contribution in [-0.2, 0) is 16.1 Å². The summed E-state index contributed by atoms with van der Waals surface area (Å²) in [5.74, 6) is -0.715. The van der Waals surface area contributed by atoms with Crippen LogP contribution >= 0.6 is 0 Å². The fraction of sp³-hybridized carbons (Fsp3) is 0.609. The van der Waals surface area contributed by atoms with Crippen molar-refractivity contribution in [1.82, 2.24) is 20.4 Å². The lowest BCUT2D eigenvalue weighted by molar-refractivity contribution is -0.136. The van der Waals surface area contributed by atoms with Gasteiger partial charge >= 0.3 is 6.03 Å². The van der Waals surface area contributed by atoms with Gasteiger partial charge < -0.3 is 15.4 Å². The summed E-state index contributed by atoms with van der Waals surface area (Å²) in [7, 11) is 1.44. The van der Waals surface area contributed by atoms with Crippen molar-refractivity contribution in [3.8, 4) is 5.75 Å². The fourth-order valence-corrected chi connectivity index (χ4v) is 5.03. The fourth-order valence-electron chi connectivity index (χ4n) is 5.03. The van der Waals surface area contributed by atoms with Crippen molar-refractivity contribution in [3.05, 3.63) is 29.6 Å². The van der Waals surface area contributed by atoms with Crippen LogP contribution in [0.5, 0.6) is 5.75 Å². The molecular formula is C23H31FN4O4. The van der Waals surface area contributed by atoms with Gasteiger partial charge in [0.2, 0.25) is 5.91 Å². The van der Waals surface area contributed by atoms with Crippen LogP contribution < -0.4 is 15.4 Å². The Labute approximate surface area is 187 Å². The highest BCUT2D eigenvalue weighted by atomic mass is 19.1. The van der Waals surface area contributed by atoms with E-state index in [1.165, 1.54) is 13.2 Å². The zero-order valence-electron chi connectivity index (χ0n) is 18.5. The number of imide groups is 1. The van der Waals surface area contributed by atoms with Gasteiger partial charge in [0, 0.05) is 25.7 Å². The van der Waals surface area contributed by atoms with Crippen molar-refractivity contribution in [1.29, 1.82) is 0 Å². The SMILES string of the molecule is COc1ccc(CN2CCC(NC(=O)CN3C(=O)NC4(CCCCC4)C3=O)CC2)cc1F. The Morgan fingerprint density at radius 3 is 2.59 bits per heavy atom. The predicted molar refractivity (Wildman–Crippen MR) is 115 cm³/mol. The average molecular weight is 447 g/mol. The number of nitrogens with zero attached hydrogens (tertiary/aromatic N) is 2. The Hall–Kier alpha value is -2.68. The number of piperidine rings is 1. The average Bonchev–Trinajstić information content (AvgIpc) is 2.99. The lowest BCUT2D eigenvalue weighted by Crippen LogP contribution is -2.50. The van der Waals surface area contributed by atoms with Crippen LogP contribution in [0.2, 0.25) is 0 Å². The number of rotatable bonds is 6. The highest BCUT2D eigenvalue weighted by Crippen LogP contribution is 2.33. The molecule has 0 radical (unpaired) electrons. The van der Waals surface area contributed by atoms with Gasteiger partial charge in [-0.15, -0.1) is 0 Å². The van der Waals surface area contributed by atoms with E-state index in [4.69, 9.17) is 4.74 Å². The molecule has 2 N–H and O–H groups in total. The van der Waals surface area contributed by atoms with Gasteiger partial charge in [0.1, 0.15) is 12.1 Å². The number of nitrogens with one attached hydrogen (secondary N) is 2. The third kappa shape index (κ3) is 4.72. The number of hydrogen-bond acceptors (Lipinski definition) is 5. The van der Waals surface area contributed by atoms with E-state index in [1.807, 2.05) is 6.07 Å². The van der Waals surface area contributed by atoms with Crippen molar-refractivity contribution in [2.75, 3.05) is 26.7 Å². The molecule has 1 aliphatic carbocycles. The number of likely N-dealkylation sites (tertiary alicyclic amines) is 1. The van der Waals surface area contributed by atoms with Crippen LogP contribution in [-0.4, -0.2) is 66.0 Å². The Balaban J connectivity index is 1.24. The summed E-state index contributed by atoms with van der Waals surface area (Å²) in [5, 5.41) is 5.81. The smallest absolute Gasteiger partial charge is 0.325 e. The van der Waals surface area contributed by atoms with Gasteiger partial charge in [-0.2, -0.15) is 0 Å². The standard InChI is InChI=1S/C23H31FN4O4/c1-32-19-6-5-16(13-18(19)24)14-27-11-7-17(8-12-27)25-20(29)15-28-21(30)23(26-22(28)31)9-3-2-4-10-23/h5-6,13,17H,2-4,7-12,14-15H2,1H3,(H,25,29)(H,26,31). The first kappa shape index (κ1) is 22.5. The first-order valence-electron chi connectivity index (χ1n) is 11.4. The molecular weight excluding hydrogens is 415 g/mol. The van der Waals surface area contributed by atoms with Crippen LogP contribution in [0.3, 0.4) is 0 Å². The molecule has 2 heterocycles.